The largest absolute Gasteiger partial charge is 0.371 e. The van der Waals surface area contributed by atoms with Gasteiger partial charge in [0, 0.05) is 42.0 Å². The van der Waals surface area contributed by atoms with Crippen molar-refractivity contribution in [1.29, 1.82) is 0 Å². The van der Waals surface area contributed by atoms with Crippen molar-refractivity contribution in [3.8, 4) is 11.3 Å². The highest BCUT2D eigenvalue weighted by molar-refractivity contribution is 7.14. The van der Waals surface area contributed by atoms with E-state index in [1.807, 2.05) is 34.3 Å². The molecule has 9 heteroatoms. The van der Waals surface area contributed by atoms with E-state index in [-0.39, 0.29) is 23.9 Å². The highest BCUT2D eigenvalue weighted by atomic mass is 32.1. The van der Waals surface area contributed by atoms with E-state index in [4.69, 9.17) is 4.74 Å². The lowest BCUT2D eigenvalue weighted by molar-refractivity contribution is -0.115. The van der Waals surface area contributed by atoms with Gasteiger partial charge >= 0.3 is 0 Å². The molecule has 0 bridgehead atoms. The Morgan fingerprint density at radius 3 is 2.74 bits per heavy atom. The first kappa shape index (κ1) is 24.1. The standard InChI is InChI=1S/C25H31N5O3S/c1-25(2,3)30-9-8-19(12-30)23(32)26-11-22(31)28-24-27-21(16-34-24)18-7-5-6-17(10-18)15-33-20-13-29(4)14-20/h5-10,12,16,20H,11,13-15H2,1-4H3,(H,26,32)(H,27,28,31). The molecule has 1 aliphatic rings. The zero-order valence-electron chi connectivity index (χ0n) is 20.0. The maximum Gasteiger partial charge on any atom is 0.253 e. The quantitative estimate of drug-likeness (QED) is 0.514. The number of likely N-dealkylation sites (tertiary alicyclic amines) is 1. The van der Waals surface area contributed by atoms with Crippen LogP contribution in [0.5, 0.6) is 0 Å². The minimum atomic E-state index is -0.322. The van der Waals surface area contributed by atoms with Crippen molar-refractivity contribution in [3.63, 3.8) is 0 Å². The molecule has 3 heterocycles. The fraction of sp³-hybridized carbons (Fsp3) is 0.400. The molecule has 2 aromatic heterocycles. The van der Waals surface area contributed by atoms with Gasteiger partial charge in [-0.2, -0.15) is 0 Å². The van der Waals surface area contributed by atoms with Crippen molar-refractivity contribution in [1.82, 2.24) is 19.8 Å². The average molecular weight is 482 g/mol. The van der Waals surface area contributed by atoms with Crippen LogP contribution in [0.15, 0.2) is 48.1 Å². The third kappa shape index (κ3) is 6.11. The van der Waals surface area contributed by atoms with Crippen LogP contribution >= 0.6 is 11.3 Å². The van der Waals surface area contributed by atoms with Crippen molar-refractivity contribution in [2.24, 2.45) is 0 Å². The fourth-order valence-corrected chi connectivity index (χ4v) is 4.36. The average Bonchev–Trinajstić information content (AvgIpc) is 3.44. The number of nitrogens with zero attached hydrogens (tertiary/aromatic N) is 3. The molecule has 1 saturated heterocycles. The number of hydrogen-bond acceptors (Lipinski definition) is 6. The van der Waals surface area contributed by atoms with Crippen molar-refractivity contribution >= 4 is 28.3 Å². The summed E-state index contributed by atoms with van der Waals surface area (Å²) < 4.78 is 7.89. The van der Waals surface area contributed by atoms with E-state index >= 15 is 0 Å². The minimum absolute atomic E-state index is 0.112. The summed E-state index contributed by atoms with van der Waals surface area (Å²) >= 11 is 1.35. The molecule has 0 saturated carbocycles. The number of benzene rings is 1. The second kappa shape index (κ2) is 10.1. The van der Waals surface area contributed by atoms with Crippen LogP contribution in [0.1, 0.15) is 36.7 Å². The molecule has 2 amide bonds. The van der Waals surface area contributed by atoms with Crippen LogP contribution in [0.25, 0.3) is 11.3 Å². The Bertz CT molecular complexity index is 1160. The van der Waals surface area contributed by atoms with Crippen LogP contribution < -0.4 is 10.6 Å². The zero-order valence-corrected chi connectivity index (χ0v) is 20.8. The Balaban J connectivity index is 1.28. The Hall–Kier alpha value is -3.01. The predicted molar refractivity (Wildman–Crippen MR) is 134 cm³/mol. The van der Waals surface area contributed by atoms with Crippen molar-refractivity contribution in [3.05, 3.63) is 59.2 Å². The molecule has 180 valence electrons. The zero-order chi connectivity index (χ0) is 24.3. The van der Waals surface area contributed by atoms with Gasteiger partial charge in [0.05, 0.1) is 30.5 Å². The Morgan fingerprint density at radius 2 is 2.03 bits per heavy atom. The number of amides is 2. The molecule has 1 fully saturated rings. The number of ether oxygens (including phenoxy) is 1. The smallest absolute Gasteiger partial charge is 0.253 e. The topological polar surface area (TPSA) is 88.5 Å². The Kier molecular flexibility index (Phi) is 7.16. The minimum Gasteiger partial charge on any atom is -0.371 e. The van der Waals surface area contributed by atoms with E-state index in [0.717, 1.165) is 29.9 Å². The molecule has 34 heavy (non-hydrogen) atoms. The molecule has 0 unspecified atom stereocenters. The summed E-state index contributed by atoms with van der Waals surface area (Å²) in [5, 5.41) is 7.82. The lowest BCUT2D eigenvalue weighted by Gasteiger charge is -2.35. The molecule has 1 aliphatic heterocycles. The van der Waals surface area contributed by atoms with E-state index in [1.165, 1.54) is 11.3 Å². The Labute approximate surface area is 203 Å². The predicted octanol–water partition coefficient (Wildman–Crippen LogP) is 3.57. The summed E-state index contributed by atoms with van der Waals surface area (Å²) in [4.78, 5) is 31.5. The first-order valence-electron chi connectivity index (χ1n) is 11.3. The van der Waals surface area contributed by atoms with Crippen LogP contribution in [0.4, 0.5) is 5.13 Å². The molecule has 3 aromatic rings. The third-order valence-corrected chi connectivity index (χ3v) is 6.39. The molecule has 0 aliphatic carbocycles. The lowest BCUT2D eigenvalue weighted by Crippen LogP contribution is -2.49. The van der Waals surface area contributed by atoms with Crippen molar-refractivity contribution in [2.75, 3.05) is 32.0 Å². The van der Waals surface area contributed by atoms with Crippen LogP contribution in [-0.2, 0) is 21.7 Å². The summed E-state index contributed by atoms with van der Waals surface area (Å²) in [6, 6.07) is 9.83. The number of hydrogen-bond donors (Lipinski definition) is 2. The van der Waals surface area contributed by atoms with Gasteiger partial charge in [0.25, 0.3) is 5.91 Å². The van der Waals surface area contributed by atoms with Gasteiger partial charge in [-0.3, -0.25) is 9.59 Å². The third-order valence-electron chi connectivity index (χ3n) is 5.63. The SMILES string of the molecule is CN1CC(OCc2cccc(-c3csc(NC(=O)CNC(=O)c4ccn(C(C)(C)C)c4)n3)c2)C1. The molecule has 8 nitrogen and oxygen atoms in total. The molecule has 0 spiro atoms. The van der Waals surface area contributed by atoms with Crippen LogP contribution in [0, 0.1) is 0 Å². The summed E-state index contributed by atoms with van der Waals surface area (Å²) in [5.41, 5.74) is 3.26. The number of carbonyl (C=O) groups excluding carboxylic acids is 2. The van der Waals surface area contributed by atoms with Gasteiger partial charge in [0.1, 0.15) is 0 Å². The van der Waals surface area contributed by atoms with Gasteiger partial charge in [-0.05, 0) is 45.5 Å². The fourth-order valence-electron chi connectivity index (χ4n) is 3.62. The first-order chi connectivity index (χ1) is 16.2. The normalized spacial score (nSPS) is 14.6. The summed E-state index contributed by atoms with van der Waals surface area (Å²) in [5.74, 6) is -0.609. The summed E-state index contributed by atoms with van der Waals surface area (Å²) in [7, 11) is 2.08. The van der Waals surface area contributed by atoms with E-state index < -0.39 is 0 Å². The number of rotatable bonds is 8. The highest BCUT2D eigenvalue weighted by Gasteiger charge is 2.23. The van der Waals surface area contributed by atoms with Crippen molar-refractivity contribution < 1.29 is 14.3 Å². The Morgan fingerprint density at radius 1 is 1.24 bits per heavy atom. The van der Waals surface area contributed by atoms with Gasteiger partial charge in [-0.25, -0.2) is 4.98 Å². The maximum absolute atomic E-state index is 12.4. The van der Waals surface area contributed by atoms with Gasteiger partial charge < -0.3 is 24.8 Å². The number of nitrogens with one attached hydrogen (secondary N) is 2. The maximum atomic E-state index is 12.4. The molecule has 1 aromatic carbocycles. The summed E-state index contributed by atoms with van der Waals surface area (Å²) in [6.45, 7) is 8.56. The second-order valence-corrected chi connectivity index (χ2v) is 10.5. The van der Waals surface area contributed by atoms with Gasteiger partial charge in [-0.15, -0.1) is 11.3 Å². The van der Waals surface area contributed by atoms with Crippen LogP contribution in [0.2, 0.25) is 0 Å². The molecular weight excluding hydrogens is 450 g/mol. The number of likely N-dealkylation sites (N-methyl/N-ethyl adjacent to an activating group) is 1. The van der Waals surface area contributed by atoms with Crippen LogP contribution in [-0.4, -0.2) is 59.1 Å². The van der Waals surface area contributed by atoms with E-state index in [0.29, 0.717) is 23.4 Å². The van der Waals surface area contributed by atoms with E-state index in [9.17, 15) is 9.59 Å². The van der Waals surface area contributed by atoms with Gasteiger partial charge in [0.15, 0.2) is 5.13 Å². The molecule has 4 rings (SSSR count). The molecule has 2 N–H and O–H groups in total. The number of thiazole rings is 1. The molecule has 0 radical (unpaired) electrons. The molecular formula is C25H31N5O3S. The first-order valence-corrected chi connectivity index (χ1v) is 12.2. The lowest BCUT2D eigenvalue weighted by atomic mass is 10.1. The van der Waals surface area contributed by atoms with E-state index in [1.54, 1.807) is 12.3 Å². The van der Waals surface area contributed by atoms with Crippen LogP contribution in [0.3, 0.4) is 0 Å². The number of carbonyl (C=O) groups is 2. The number of anilines is 1. The summed E-state index contributed by atoms with van der Waals surface area (Å²) in [6.07, 6.45) is 3.94. The highest BCUT2D eigenvalue weighted by Crippen LogP contribution is 2.26. The van der Waals surface area contributed by atoms with Crippen molar-refractivity contribution in [2.45, 2.75) is 39.0 Å². The molecule has 0 atom stereocenters. The van der Waals surface area contributed by atoms with Gasteiger partial charge in [-0.1, -0.05) is 18.2 Å². The van der Waals surface area contributed by atoms with E-state index in [2.05, 4.69) is 54.4 Å². The number of aromatic nitrogens is 2. The monoisotopic (exact) mass is 481 g/mol. The van der Waals surface area contributed by atoms with Gasteiger partial charge in [0.2, 0.25) is 5.91 Å². The second-order valence-electron chi connectivity index (χ2n) is 9.60.